The van der Waals surface area contributed by atoms with Crippen molar-refractivity contribution in [3.8, 4) is 0 Å². The third-order valence-corrected chi connectivity index (χ3v) is 3.17. The first-order chi connectivity index (χ1) is 9.08. The zero-order valence-electron chi connectivity index (χ0n) is 10.6. The highest BCUT2D eigenvalue weighted by Gasteiger charge is 2.22. The molecular weight excluding hydrogens is 270 g/mol. The summed E-state index contributed by atoms with van der Waals surface area (Å²) >= 11 is 5.94. The molecule has 0 saturated carbocycles. The Morgan fingerprint density at radius 3 is 3.05 bits per heavy atom. The van der Waals surface area contributed by atoms with Gasteiger partial charge in [-0.1, -0.05) is 11.6 Å². The van der Waals surface area contributed by atoms with Crippen molar-refractivity contribution in [2.75, 3.05) is 30.4 Å². The van der Waals surface area contributed by atoms with Gasteiger partial charge in [0.2, 0.25) is 5.95 Å². The molecule has 1 aliphatic rings. The minimum absolute atomic E-state index is 0.0852. The van der Waals surface area contributed by atoms with E-state index < -0.39 is 6.09 Å². The van der Waals surface area contributed by atoms with Crippen LogP contribution in [0.4, 0.5) is 16.6 Å². The average Bonchev–Trinajstić information content (AvgIpc) is 2.37. The first-order valence-electron chi connectivity index (χ1n) is 6.05. The van der Waals surface area contributed by atoms with Crippen molar-refractivity contribution in [3.63, 3.8) is 0 Å². The number of nitrogens with one attached hydrogen (secondary N) is 2. The highest BCUT2D eigenvalue weighted by molar-refractivity contribution is 6.29. The Kier molecular flexibility index (Phi) is 4.26. The summed E-state index contributed by atoms with van der Waals surface area (Å²) in [6.45, 7) is 1.41. The van der Waals surface area contributed by atoms with Crippen molar-refractivity contribution in [1.82, 2.24) is 15.3 Å². The topological polar surface area (TPSA) is 90.4 Å². The number of aromatic nitrogens is 2. The molecule has 1 aliphatic heterocycles. The second-order valence-electron chi connectivity index (χ2n) is 4.36. The van der Waals surface area contributed by atoms with E-state index in [1.165, 1.54) is 0 Å². The number of nitrogens with zero attached hydrogens (tertiary/aromatic N) is 3. The van der Waals surface area contributed by atoms with Crippen molar-refractivity contribution in [1.29, 1.82) is 0 Å². The third kappa shape index (κ3) is 3.60. The Labute approximate surface area is 116 Å². The summed E-state index contributed by atoms with van der Waals surface area (Å²) in [6.07, 6.45) is 0.741. The van der Waals surface area contributed by atoms with Crippen LogP contribution in [0.2, 0.25) is 5.15 Å². The molecule has 1 saturated heterocycles. The van der Waals surface area contributed by atoms with Gasteiger partial charge in [-0.15, -0.1) is 0 Å². The van der Waals surface area contributed by atoms with E-state index in [0.717, 1.165) is 19.4 Å². The molecule has 1 fully saturated rings. The van der Waals surface area contributed by atoms with Crippen molar-refractivity contribution in [2.45, 2.75) is 18.9 Å². The van der Waals surface area contributed by atoms with Gasteiger partial charge in [-0.05, 0) is 12.8 Å². The summed E-state index contributed by atoms with van der Waals surface area (Å²) in [5, 5.41) is 14.5. The van der Waals surface area contributed by atoms with E-state index >= 15 is 0 Å². The van der Waals surface area contributed by atoms with Crippen LogP contribution in [-0.4, -0.2) is 47.3 Å². The van der Waals surface area contributed by atoms with Gasteiger partial charge in [-0.2, -0.15) is 4.98 Å². The molecule has 104 valence electrons. The van der Waals surface area contributed by atoms with Gasteiger partial charge >= 0.3 is 6.09 Å². The lowest BCUT2D eigenvalue weighted by Crippen LogP contribution is -2.47. The zero-order valence-corrected chi connectivity index (χ0v) is 11.3. The number of piperidine rings is 1. The normalized spacial score (nSPS) is 19.1. The monoisotopic (exact) mass is 285 g/mol. The molecule has 0 unspecified atom stereocenters. The number of rotatable bonds is 3. The standard InChI is InChI=1S/C11H16ClN5O2/c1-13-10-15-8(12)5-9(16-10)17-4-2-3-7(6-17)14-11(18)19/h5,7,14H,2-4,6H2,1H3,(H,18,19)(H,13,15,16)/t7-/m1/s1. The summed E-state index contributed by atoms with van der Waals surface area (Å²) in [6, 6.07) is 1.60. The molecular formula is C11H16ClN5O2. The lowest BCUT2D eigenvalue weighted by molar-refractivity contribution is 0.188. The highest BCUT2D eigenvalue weighted by atomic mass is 35.5. The maximum Gasteiger partial charge on any atom is 0.404 e. The molecule has 2 rings (SSSR count). The minimum Gasteiger partial charge on any atom is -0.465 e. The maximum absolute atomic E-state index is 10.7. The van der Waals surface area contributed by atoms with Crippen molar-refractivity contribution in [2.24, 2.45) is 0 Å². The molecule has 7 nitrogen and oxygen atoms in total. The predicted molar refractivity (Wildman–Crippen MR) is 73.0 cm³/mol. The summed E-state index contributed by atoms with van der Waals surface area (Å²) in [5.41, 5.74) is 0. The molecule has 3 N–H and O–H groups in total. The molecule has 1 atom stereocenters. The minimum atomic E-state index is -0.997. The molecule has 8 heteroatoms. The first kappa shape index (κ1) is 13.7. The van der Waals surface area contributed by atoms with E-state index in [-0.39, 0.29) is 6.04 Å². The van der Waals surface area contributed by atoms with Crippen LogP contribution in [-0.2, 0) is 0 Å². The van der Waals surface area contributed by atoms with Gasteiger partial charge in [-0.3, -0.25) is 0 Å². The Balaban J connectivity index is 2.12. The molecule has 0 aromatic carbocycles. The van der Waals surface area contributed by atoms with Gasteiger partial charge in [-0.25, -0.2) is 9.78 Å². The Morgan fingerprint density at radius 1 is 1.58 bits per heavy atom. The van der Waals surface area contributed by atoms with E-state index in [2.05, 4.69) is 20.6 Å². The van der Waals surface area contributed by atoms with E-state index in [0.29, 0.717) is 23.5 Å². The molecule has 1 amide bonds. The number of carbonyl (C=O) groups is 1. The van der Waals surface area contributed by atoms with E-state index in [1.807, 2.05) is 4.90 Å². The van der Waals surface area contributed by atoms with Gasteiger partial charge in [0, 0.05) is 32.2 Å². The quantitative estimate of drug-likeness (QED) is 0.728. The predicted octanol–water partition coefficient (Wildman–Crippen LogP) is 1.41. The van der Waals surface area contributed by atoms with Crippen molar-refractivity contribution in [3.05, 3.63) is 11.2 Å². The van der Waals surface area contributed by atoms with Crippen molar-refractivity contribution < 1.29 is 9.90 Å². The van der Waals surface area contributed by atoms with Gasteiger partial charge < -0.3 is 20.6 Å². The van der Waals surface area contributed by atoms with Crippen LogP contribution < -0.4 is 15.5 Å². The van der Waals surface area contributed by atoms with E-state index in [4.69, 9.17) is 16.7 Å². The Hall–Kier alpha value is -1.76. The van der Waals surface area contributed by atoms with Crippen LogP contribution in [0.25, 0.3) is 0 Å². The van der Waals surface area contributed by atoms with Gasteiger partial charge in [0.15, 0.2) is 0 Å². The molecule has 0 bridgehead atoms. The van der Waals surface area contributed by atoms with E-state index in [1.54, 1.807) is 13.1 Å². The fourth-order valence-electron chi connectivity index (χ4n) is 2.16. The second kappa shape index (κ2) is 5.92. The third-order valence-electron chi connectivity index (χ3n) is 2.98. The average molecular weight is 286 g/mol. The Bertz CT molecular complexity index is 470. The first-order valence-corrected chi connectivity index (χ1v) is 6.43. The van der Waals surface area contributed by atoms with Gasteiger partial charge in [0.05, 0.1) is 0 Å². The van der Waals surface area contributed by atoms with Crippen LogP contribution in [0, 0.1) is 0 Å². The maximum atomic E-state index is 10.7. The fourth-order valence-corrected chi connectivity index (χ4v) is 2.33. The SMILES string of the molecule is CNc1nc(Cl)cc(N2CCC[C@@H](NC(=O)O)C2)n1. The number of hydrogen-bond acceptors (Lipinski definition) is 5. The summed E-state index contributed by atoms with van der Waals surface area (Å²) in [7, 11) is 1.72. The van der Waals surface area contributed by atoms with Crippen LogP contribution in [0.1, 0.15) is 12.8 Å². The van der Waals surface area contributed by atoms with Crippen LogP contribution in [0.5, 0.6) is 0 Å². The fraction of sp³-hybridized carbons (Fsp3) is 0.545. The number of halogens is 1. The number of hydrogen-bond donors (Lipinski definition) is 3. The molecule has 19 heavy (non-hydrogen) atoms. The number of anilines is 2. The lowest BCUT2D eigenvalue weighted by Gasteiger charge is -2.33. The second-order valence-corrected chi connectivity index (χ2v) is 4.74. The summed E-state index contributed by atoms with van der Waals surface area (Å²) in [4.78, 5) is 21.0. The number of carboxylic acid groups (broad SMARTS) is 1. The summed E-state index contributed by atoms with van der Waals surface area (Å²) < 4.78 is 0. The molecule has 1 aromatic rings. The van der Waals surface area contributed by atoms with Crippen LogP contribution in [0.3, 0.4) is 0 Å². The molecule has 1 aromatic heterocycles. The summed E-state index contributed by atoms with van der Waals surface area (Å²) in [5.74, 6) is 1.16. The largest absolute Gasteiger partial charge is 0.465 e. The molecule has 0 radical (unpaired) electrons. The molecule has 0 aliphatic carbocycles. The molecule has 0 spiro atoms. The lowest BCUT2D eigenvalue weighted by atomic mass is 10.1. The Morgan fingerprint density at radius 2 is 2.37 bits per heavy atom. The van der Waals surface area contributed by atoms with Gasteiger partial charge in [0.25, 0.3) is 0 Å². The van der Waals surface area contributed by atoms with Crippen molar-refractivity contribution >= 4 is 29.5 Å². The van der Waals surface area contributed by atoms with Crippen LogP contribution in [0.15, 0.2) is 6.07 Å². The van der Waals surface area contributed by atoms with Crippen LogP contribution >= 0.6 is 11.6 Å². The van der Waals surface area contributed by atoms with Gasteiger partial charge in [0.1, 0.15) is 11.0 Å². The number of amides is 1. The smallest absolute Gasteiger partial charge is 0.404 e. The van der Waals surface area contributed by atoms with E-state index in [9.17, 15) is 4.79 Å². The highest BCUT2D eigenvalue weighted by Crippen LogP contribution is 2.21. The zero-order chi connectivity index (χ0) is 13.8. The molecule has 2 heterocycles.